The van der Waals surface area contributed by atoms with Crippen molar-refractivity contribution < 1.29 is 4.74 Å². The van der Waals surface area contributed by atoms with E-state index in [4.69, 9.17) is 4.74 Å². The predicted octanol–water partition coefficient (Wildman–Crippen LogP) is 7.05. The Balaban J connectivity index is 1.36. The van der Waals surface area contributed by atoms with Gasteiger partial charge in [-0.1, -0.05) is 48.7 Å². The molecule has 29 heavy (non-hydrogen) atoms. The van der Waals surface area contributed by atoms with E-state index in [1.54, 1.807) is 24.4 Å². The van der Waals surface area contributed by atoms with Crippen LogP contribution in [-0.2, 0) is 0 Å². The average molecular weight is 408 g/mol. The van der Waals surface area contributed by atoms with Crippen LogP contribution in [0, 0.1) is 0 Å². The van der Waals surface area contributed by atoms with E-state index in [9.17, 15) is 0 Å². The molecule has 1 saturated carbocycles. The SMILES string of the molecule is COc1ccc(Sc2ccc(C(C)=C3CCN(C4CCCCC4)CC3)cc2)cc1. The molecule has 2 aliphatic rings. The number of hydrogen-bond donors (Lipinski definition) is 0. The van der Waals surface area contributed by atoms with E-state index in [-0.39, 0.29) is 0 Å². The third kappa shape index (κ3) is 5.26. The van der Waals surface area contributed by atoms with Crippen LogP contribution in [0.4, 0.5) is 0 Å². The number of rotatable bonds is 5. The molecule has 0 N–H and O–H groups in total. The lowest BCUT2D eigenvalue weighted by atomic mass is 9.90. The van der Waals surface area contributed by atoms with Crippen molar-refractivity contribution in [2.24, 2.45) is 0 Å². The summed E-state index contributed by atoms with van der Waals surface area (Å²) in [6, 6.07) is 18.2. The maximum atomic E-state index is 5.24. The summed E-state index contributed by atoms with van der Waals surface area (Å²) >= 11 is 1.80. The first-order valence-electron chi connectivity index (χ1n) is 11.1. The second kappa shape index (κ2) is 9.86. The number of nitrogens with zero attached hydrogens (tertiary/aromatic N) is 1. The van der Waals surface area contributed by atoms with Crippen LogP contribution in [0.15, 0.2) is 63.9 Å². The highest BCUT2D eigenvalue weighted by molar-refractivity contribution is 7.99. The Hall–Kier alpha value is -1.71. The number of hydrogen-bond acceptors (Lipinski definition) is 3. The van der Waals surface area contributed by atoms with Crippen LogP contribution in [0.5, 0.6) is 5.75 Å². The maximum absolute atomic E-state index is 5.24. The van der Waals surface area contributed by atoms with Gasteiger partial charge >= 0.3 is 0 Å². The summed E-state index contributed by atoms with van der Waals surface area (Å²) in [5, 5.41) is 0. The third-order valence-corrected chi connectivity index (χ3v) is 7.62. The second-order valence-corrected chi connectivity index (χ2v) is 9.51. The minimum Gasteiger partial charge on any atom is -0.497 e. The molecular formula is C26H33NOS. The van der Waals surface area contributed by atoms with Crippen molar-refractivity contribution >= 4 is 17.3 Å². The molecule has 2 aromatic rings. The van der Waals surface area contributed by atoms with Crippen LogP contribution in [0.25, 0.3) is 5.57 Å². The largest absolute Gasteiger partial charge is 0.497 e. The van der Waals surface area contributed by atoms with Gasteiger partial charge in [-0.05, 0) is 80.1 Å². The van der Waals surface area contributed by atoms with Gasteiger partial charge in [0.2, 0.25) is 0 Å². The molecule has 2 nitrogen and oxygen atoms in total. The van der Waals surface area contributed by atoms with E-state index in [1.807, 2.05) is 12.1 Å². The van der Waals surface area contributed by atoms with Gasteiger partial charge < -0.3 is 4.74 Å². The molecule has 0 aromatic heterocycles. The maximum Gasteiger partial charge on any atom is 0.118 e. The third-order valence-electron chi connectivity index (χ3n) is 6.61. The molecule has 0 radical (unpaired) electrons. The summed E-state index contributed by atoms with van der Waals surface area (Å²) in [5.74, 6) is 0.904. The number of ether oxygens (including phenoxy) is 1. The predicted molar refractivity (Wildman–Crippen MR) is 124 cm³/mol. The smallest absolute Gasteiger partial charge is 0.118 e. The highest BCUT2D eigenvalue weighted by Crippen LogP contribution is 2.33. The average Bonchev–Trinajstić information content (AvgIpc) is 2.80. The fourth-order valence-corrected chi connectivity index (χ4v) is 5.55. The topological polar surface area (TPSA) is 12.5 Å². The molecule has 2 fully saturated rings. The first kappa shape index (κ1) is 20.6. The zero-order chi connectivity index (χ0) is 20.1. The second-order valence-electron chi connectivity index (χ2n) is 8.36. The van der Waals surface area contributed by atoms with Gasteiger partial charge in [-0.25, -0.2) is 0 Å². The Morgan fingerprint density at radius 3 is 2.03 bits per heavy atom. The minimum absolute atomic E-state index is 0.861. The van der Waals surface area contributed by atoms with Crippen LogP contribution in [0.2, 0.25) is 0 Å². The lowest BCUT2D eigenvalue weighted by molar-refractivity contribution is 0.146. The molecule has 0 spiro atoms. The molecule has 1 aliphatic carbocycles. The lowest BCUT2D eigenvalue weighted by Gasteiger charge is -2.38. The summed E-state index contributed by atoms with van der Waals surface area (Å²) in [6.45, 7) is 4.82. The van der Waals surface area contributed by atoms with Crippen molar-refractivity contribution in [2.45, 2.75) is 67.7 Å². The number of allylic oxidation sites excluding steroid dienone is 1. The Bertz CT molecular complexity index is 809. The molecule has 0 unspecified atom stereocenters. The van der Waals surface area contributed by atoms with Gasteiger partial charge in [0.05, 0.1) is 7.11 Å². The Morgan fingerprint density at radius 2 is 1.45 bits per heavy atom. The molecule has 1 aliphatic heterocycles. The van der Waals surface area contributed by atoms with Crippen LogP contribution < -0.4 is 4.74 Å². The van der Waals surface area contributed by atoms with E-state index in [2.05, 4.69) is 48.2 Å². The van der Waals surface area contributed by atoms with Gasteiger partial charge in [0, 0.05) is 28.9 Å². The van der Waals surface area contributed by atoms with E-state index < -0.39 is 0 Å². The van der Waals surface area contributed by atoms with Crippen LogP contribution in [0.1, 0.15) is 57.4 Å². The molecule has 4 rings (SSSR count). The zero-order valence-corrected chi connectivity index (χ0v) is 18.6. The van der Waals surface area contributed by atoms with Crippen molar-refractivity contribution in [3.8, 4) is 5.75 Å². The fraction of sp³-hybridized carbons (Fsp3) is 0.462. The van der Waals surface area contributed by atoms with Gasteiger partial charge in [0.15, 0.2) is 0 Å². The Morgan fingerprint density at radius 1 is 0.862 bits per heavy atom. The highest BCUT2D eigenvalue weighted by atomic mass is 32.2. The number of piperidine rings is 1. The summed E-state index contributed by atoms with van der Waals surface area (Å²) < 4.78 is 5.24. The molecule has 1 heterocycles. The van der Waals surface area contributed by atoms with Crippen LogP contribution >= 0.6 is 11.8 Å². The van der Waals surface area contributed by atoms with Crippen molar-refractivity contribution in [1.82, 2.24) is 4.90 Å². The van der Waals surface area contributed by atoms with Gasteiger partial charge in [-0.15, -0.1) is 0 Å². The summed E-state index contributed by atoms with van der Waals surface area (Å²) in [4.78, 5) is 5.29. The van der Waals surface area contributed by atoms with Gasteiger partial charge in [-0.2, -0.15) is 0 Å². The molecule has 0 atom stereocenters. The van der Waals surface area contributed by atoms with Crippen molar-refractivity contribution in [2.75, 3.05) is 20.2 Å². The summed E-state index contributed by atoms with van der Waals surface area (Å²) in [6.07, 6.45) is 9.64. The quantitative estimate of drug-likeness (QED) is 0.527. The van der Waals surface area contributed by atoms with E-state index in [0.717, 1.165) is 11.8 Å². The minimum atomic E-state index is 0.861. The number of methoxy groups -OCH3 is 1. The number of likely N-dealkylation sites (tertiary alicyclic amines) is 1. The van der Waals surface area contributed by atoms with E-state index in [1.165, 1.54) is 79.0 Å². The molecule has 154 valence electrons. The standard InChI is InChI=1S/C26H33NOS/c1-20(22-16-18-27(19-17-22)23-6-4-3-5-7-23)21-8-12-25(13-9-21)29-26-14-10-24(28-2)11-15-26/h8-15,23H,3-7,16-19H2,1-2H3. The van der Waals surface area contributed by atoms with Crippen molar-refractivity contribution in [1.29, 1.82) is 0 Å². The summed E-state index contributed by atoms with van der Waals surface area (Å²) in [5.41, 5.74) is 4.53. The van der Waals surface area contributed by atoms with E-state index in [0.29, 0.717) is 0 Å². The molecule has 2 aromatic carbocycles. The first-order chi connectivity index (χ1) is 14.2. The fourth-order valence-electron chi connectivity index (χ4n) is 4.74. The normalized spacial score (nSPS) is 18.6. The first-order valence-corrected chi connectivity index (χ1v) is 11.9. The molecule has 0 bridgehead atoms. The molecule has 1 saturated heterocycles. The van der Waals surface area contributed by atoms with Crippen LogP contribution in [0.3, 0.4) is 0 Å². The van der Waals surface area contributed by atoms with Gasteiger partial charge in [0.25, 0.3) is 0 Å². The van der Waals surface area contributed by atoms with Gasteiger partial charge in [0.1, 0.15) is 5.75 Å². The Kier molecular flexibility index (Phi) is 6.99. The monoisotopic (exact) mass is 407 g/mol. The number of benzene rings is 2. The van der Waals surface area contributed by atoms with Gasteiger partial charge in [-0.3, -0.25) is 4.90 Å². The Labute approximate surface area is 180 Å². The van der Waals surface area contributed by atoms with Crippen LogP contribution in [-0.4, -0.2) is 31.1 Å². The van der Waals surface area contributed by atoms with E-state index >= 15 is 0 Å². The molecule has 3 heteroatoms. The zero-order valence-electron chi connectivity index (χ0n) is 17.8. The summed E-state index contributed by atoms with van der Waals surface area (Å²) in [7, 11) is 1.71. The van der Waals surface area contributed by atoms with Crippen molar-refractivity contribution in [3.05, 3.63) is 59.7 Å². The molecule has 0 amide bonds. The molecular weight excluding hydrogens is 374 g/mol. The highest BCUT2D eigenvalue weighted by Gasteiger charge is 2.24. The lowest BCUT2D eigenvalue weighted by Crippen LogP contribution is -2.40. The van der Waals surface area contributed by atoms with Crippen molar-refractivity contribution in [3.63, 3.8) is 0 Å².